The second-order valence-corrected chi connectivity index (χ2v) is 3.58. The summed E-state index contributed by atoms with van der Waals surface area (Å²) >= 11 is 3.07. The SMILES string of the molecule is Fc1ccc(Oc2cnccn2)cc1Br. The average Bonchev–Trinajstić information content (AvgIpc) is 2.25. The Kier molecular flexibility index (Phi) is 2.91. The standard InChI is InChI=1S/C10H6BrFN2O/c11-8-5-7(1-2-9(8)12)15-10-6-13-3-4-14-10/h1-6H. The lowest BCUT2D eigenvalue weighted by Crippen LogP contribution is -1.88. The Balaban J connectivity index is 2.22. The number of hydrogen-bond acceptors (Lipinski definition) is 3. The summed E-state index contributed by atoms with van der Waals surface area (Å²) in [5, 5.41) is 0. The van der Waals surface area contributed by atoms with E-state index in [1.165, 1.54) is 30.6 Å². The van der Waals surface area contributed by atoms with E-state index in [9.17, 15) is 4.39 Å². The fraction of sp³-hybridized carbons (Fsp3) is 0. The van der Waals surface area contributed by atoms with Crippen LogP contribution in [0.25, 0.3) is 0 Å². The first-order valence-electron chi connectivity index (χ1n) is 4.14. The van der Waals surface area contributed by atoms with Crippen LogP contribution in [-0.2, 0) is 0 Å². The van der Waals surface area contributed by atoms with Gasteiger partial charge in [-0.05, 0) is 34.1 Å². The molecule has 0 aliphatic rings. The highest BCUT2D eigenvalue weighted by molar-refractivity contribution is 9.10. The van der Waals surface area contributed by atoms with E-state index >= 15 is 0 Å². The molecule has 3 nitrogen and oxygen atoms in total. The van der Waals surface area contributed by atoms with Gasteiger partial charge in [0.25, 0.3) is 0 Å². The van der Waals surface area contributed by atoms with Gasteiger partial charge < -0.3 is 4.74 Å². The molecule has 0 bridgehead atoms. The maximum atomic E-state index is 12.9. The molecule has 0 aliphatic carbocycles. The average molecular weight is 269 g/mol. The molecule has 0 saturated carbocycles. The van der Waals surface area contributed by atoms with Gasteiger partial charge in [0.05, 0.1) is 10.7 Å². The third-order valence-corrected chi connectivity index (χ3v) is 2.26. The molecule has 2 rings (SSSR count). The minimum atomic E-state index is -0.332. The Morgan fingerprint density at radius 1 is 1.27 bits per heavy atom. The molecule has 0 spiro atoms. The van der Waals surface area contributed by atoms with Gasteiger partial charge in [-0.2, -0.15) is 0 Å². The molecule has 0 aliphatic heterocycles. The molecule has 0 fully saturated rings. The molecular formula is C10H6BrFN2O. The predicted molar refractivity (Wildman–Crippen MR) is 56.2 cm³/mol. The van der Waals surface area contributed by atoms with Crippen LogP contribution in [0.3, 0.4) is 0 Å². The van der Waals surface area contributed by atoms with Crippen LogP contribution in [0.1, 0.15) is 0 Å². The summed E-state index contributed by atoms with van der Waals surface area (Å²) in [6.45, 7) is 0. The second-order valence-electron chi connectivity index (χ2n) is 2.72. The molecule has 0 radical (unpaired) electrons. The second kappa shape index (κ2) is 4.35. The largest absolute Gasteiger partial charge is 0.437 e. The van der Waals surface area contributed by atoms with E-state index in [1.54, 1.807) is 6.20 Å². The molecule has 1 heterocycles. The lowest BCUT2D eigenvalue weighted by atomic mass is 10.3. The Morgan fingerprint density at radius 3 is 2.80 bits per heavy atom. The monoisotopic (exact) mass is 268 g/mol. The first-order valence-corrected chi connectivity index (χ1v) is 4.94. The zero-order chi connectivity index (χ0) is 10.7. The fourth-order valence-electron chi connectivity index (χ4n) is 0.999. The fourth-order valence-corrected chi connectivity index (χ4v) is 1.36. The van der Waals surface area contributed by atoms with Gasteiger partial charge in [0.1, 0.15) is 11.6 Å². The number of hydrogen-bond donors (Lipinski definition) is 0. The molecule has 5 heteroatoms. The quantitative estimate of drug-likeness (QED) is 0.839. The smallest absolute Gasteiger partial charge is 0.237 e. The molecule has 1 aromatic carbocycles. The van der Waals surface area contributed by atoms with Crippen molar-refractivity contribution in [1.29, 1.82) is 0 Å². The van der Waals surface area contributed by atoms with E-state index in [2.05, 4.69) is 25.9 Å². The third-order valence-electron chi connectivity index (χ3n) is 1.65. The van der Waals surface area contributed by atoms with Crippen LogP contribution < -0.4 is 4.74 Å². The van der Waals surface area contributed by atoms with Gasteiger partial charge in [-0.3, -0.25) is 4.98 Å². The van der Waals surface area contributed by atoms with E-state index in [0.29, 0.717) is 16.1 Å². The van der Waals surface area contributed by atoms with Gasteiger partial charge in [-0.15, -0.1) is 0 Å². The van der Waals surface area contributed by atoms with Crippen LogP contribution in [0.15, 0.2) is 41.3 Å². The van der Waals surface area contributed by atoms with Gasteiger partial charge in [-0.25, -0.2) is 9.37 Å². The van der Waals surface area contributed by atoms with Crippen molar-refractivity contribution < 1.29 is 9.13 Å². The van der Waals surface area contributed by atoms with Crippen LogP contribution in [-0.4, -0.2) is 9.97 Å². The van der Waals surface area contributed by atoms with Crippen molar-refractivity contribution >= 4 is 15.9 Å². The van der Waals surface area contributed by atoms with Crippen molar-refractivity contribution in [1.82, 2.24) is 9.97 Å². The van der Waals surface area contributed by atoms with Crippen LogP contribution in [0.2, 0.25) is 0 Å². The minimum Gasteiger partial charge on any atom is -0.437 e. The summed E-state index contributed by atoms with van der Waals surface area (Å²) in [6.07, 6.45) is 4.55. The number of aromatic nitrogens is 2. The van der Waals surface area contributed by atoms with E-state index in [-0.39, 0.29) is 5.82 Å². The van der Waals surface area contributed by atoms with E-state index in [1.807, 2.05) is 0 Å². The Bertz CT molecular complexity index is 464. The lowest BCUT2D eigenvalue weighted by Gasteiger charge is -2.04. The van der Waals surface area contributed by atoms with E-state index < -0.39 is 0 Å². The van der Waals surface area contributed by atoms with Crippen LogP contribution in [0, 0.1) is 5.82 Å². The number of ether oxygens (including phenoxy) is 1. The molecule has 1 aromatic heterocycles. The maximum Gasteiger partial charge on any atom is 0.237 e. The van der Waals surface area contributed by atoms with Crippen molar-refractivity contribution in [2.24, 2.45) is 0 Å². The summed E-state index contributed by atoms with van der Waals surface area (Å²) < 4.78 is 18.6. The molecule has 15 heavy (non-hydrogen) atoms. The summed E-state index contributed by atoms with van der Waals surface area (Å²) in [4.78, 5) is 7.78. The summed E-state index contributed by atoms with van der Waals surface area (Å²) in [7, 11) is 0. The van der Waals surface area contributed by atoms with Crippen LogP contribution >= 0.6 is 15.9 Å². The number of rotatable bonds is 2. The summed E-state index contributed by atoms with van der Waals surface area (Å²) in [6, 6.07) is 4.37. The predicted octanol–water partition coefficient (Wildman–Crippen LogP) is 3.17. The zero-order valence-electron chi connectivity index (χ0n) is 7.52. The van der Waals surface area contributed by atoms with Crippen molar-refractivity contribution in [3.8, 4) is 11.6 Å². The van der Waals surface area contributed by atoms with Crippen molar-refractivity contribution in [3.05, 3.63) is 47.1 Å². The number of benzene rings is 1. The van der Waals surface area contributed by atoms with Gasteiger partial charge in [0.2, 0.25) is 5.88 Å². The third kappa shape index (κ3) is 2.50. The zero-order valence-corrected chi connectivity index (χ0v) is 9.11. The molecule has 0 saturated heterocycles. The summed E-state index contributed by atoms with van der Waals surface area (Å²) in [5.41, 5.74) is 0. The van der Waals surface area contributed by atoms with E-state index in [0.717, 1.165) is 0 Å². The maximum absolute atomic E-state index is 12.9. The van der Waals surface area contributed by atoms with Gasteiger partial charge in [0, 0.05) is 12.4 Å². The topological polar surface area (TPSA) is 35.0 Å². The van der Waals surface area contributed by atoms with E-state index in [4.69, 9.17) is 4.74 Å². The number of nitrogens with zero attached hydrogens (tertiary/aromatic N) is 2. The Hall–Kier alpha value is -1.49. The molecular weight excluding hydrogens is 263 g/mol. The Morgan fingerprint density at radius 2 is 2.13 bits per heavy atom. The minimum absolute atomic E-state index is 0.332. The van der Waals surface area contributed by atoms with Gasteiger partial charge in [0.15, 0.2) is 0 Å². The van der Waals surface area contributed by atoms with Gasteiger partial charge in [-0.1, -0.05) is 0 Å². The van der Waals surface area contributed by atoms with Crippen molar-refractivity contribution in [3.63, 3.8) is 0 Å². The molecule has 0 unspecified atom stereocenters. The number of halogens is 2. The highest BCUT2D eigenvalue weighted by atomic mass is 79.9. The molecule has 0 atom stereocenters. The molecule has 0 amide bonds. The highest BCUT2D eigenvalue weighted by Gasteiger charge is 2.02. The van der Waals surface area contributed by atoms with Gasteiger partial charge >= 0.3 is 0 Å². The first kappa shape index (κ1) is 10.0. The van der Waals surface area contributed by atoms with Crippen molar-refractivity contribution in [2.45, 2.75) is 0 Å². The van der Waals surface area contributed by atoms with Crippen molar-refractivity contribution in [2.75, 3.05) is 0 Å². The molecule has 76 valence electrons. The normalized spacial score (nSPS) is 10.0. The molecule has 2 aromatic rings. The highest BCUT2D eigenvalue weighted by Crippen LogP contribution is 2.24. The lowest BCUT2D eigenvalue weighted by molar-refractivity contribution is 0.458. The molecule has 0 N–H and O–H groups in total. The first-order chi connectivity index (χ1) is 7.25. The summed E-state index contributed by atoms with van der Waals surface area (Å²) in [5.74, 6) is 0.543. The Labute approximate surface area is 94.1 Å². The van der Waals surface area contributed by atoms with Crippen LogP contribution in [0.4, 0.5) is 4.39 Å². The van der Waals surface area contributed by atoms with Crippen LogP contribution in [0.5, 0.6) is 11.6 Å².